The second kappa shape index (κ2) is 6.38. The molecule has 2 rings (SSSR count). The van der Waals surface area contributed by atoms with Crippen molar-refractivity contribution in [3.63, 3.8) is 0 Å². The second-order valence-corrected chi connectivity index (χ2v) is 4.49. The highest BCUT2D eigenvalue weighted by molar-refractivity contribution is 5.44. The molecule has 0 bridgehead atoms. The maximum Gasteiger partial charge on any atom is 0.233 e. The molecule has 1 saturated carbocycles. The average molecular weight is 232 g/mol. The maximum atomic E-state index is 5.26. The second-order valence-electron chi connectivity index (χ2n) is 4.49. The molecule has 3 heteroatoms. The van der Waals surface area contributed by atoms with Gasteiger partial charge in [0.05, 0.1) is 12.3 Å². The van der Waals surface area contributed by atoms with Crippen LogP contribution in [-0.4, -0.2) is 16.8 Å². The van der Waals surface area contributed by atoms with Gasteiger partial charge in [-0.25, -0.2) is 0 Å². The molecule has 0 spiro atoms. The van der Waals surface area contributed by atoms with Crippen LogP contribution in [0.4, 0.5) is 0 Å². The van der Waals surface area contributed by atoms with Crippen molar-refractivity contribution in [2.75, 3.05) is 6.61 Å². The Bertz CT molecular complexity index is 353. The monoisotopic (exact) mass is 232 g/mol. The third-order valence-corrected chi connectivity index (χ3v) is 3.14. The third-order valence-electron chi connectivity index (χ3n) is 3.14. The van der Waals surface area contributed by atoms with Crippen molar-refractivity contribution in [3.05, 3.63) is 23.9 Å². The molecule has 1 aliphatic carbocycles. The highest BCUT2D eigenvalue weighted by Gasteiger charge is 2.09. The molecule has 17 heavy (non-hydrogen) atoms. The summed E-state index contributed by atoms with van der Waals surface area (Å²) in [6, 6.07) is 3.83. The summed E-state index contributed by atoms with van der Waals surface area (Å²) in [6.45, 7) is 2.57. The molecule has 0 aromatic carbocycles. The van der Waals surface area contributed by atoms with Gasteiger partial charge in [0.2, 0.25) is 5.88 Å². The van der Waals surface area contributed by atoms with Crippen molar-refractivity contribution in [2.24, 2.45) is 5.92 Å². The van der Waals surface area contributed by atoms with Gasteiger partial charge in [0.1, 0.15) is 0 Å². The SMILES string of the molecule is CCOc1ccc(/C=C/C2CCCCC2)nn1. The van der Waals surface area contributed by atoms with Crippen LogP contribution in [0.15, 0.2) is 18.2 Å². The Morgan fingerprint density at radius 1 is 1.24 bits per heavy atom. The lowest BCUT2D eigenvalue weighted by Crippen LogP contribution is -2.02. The molecule has 0 radical (unpaired) electrons. The molecule has 0 amide bonds. The van der Waals surface area contributed by atoms with E-state index in [9.17, 15) is 0 Å². The number of aromatic nitrogens is 2. The Morgan fingerprint density at radius 2 is 2.06 bits per heavy atom. The lowest BCUT2D eigenvalue weighted by Gasteiger charge is -2.17. The molecular weight excluding hydrogens is 212 g/mol. The van der Waals surface area contributed by atoms with Gasteiger partial charge in [-0.3, -0.25) is 0 Å². The van der Waals surface area contributed by atoms with Crippen LogP contribution in [0.3, 0.4) is 0 Å². The first-order chi connectivity index (χ1) is 8.38. The molecule has 0 saturated heterocycles. The molecular formula is C14H20N2O. The molecule has 0 unspecified atom stereocenters. The van der Waals surface area contributed by atoms with Crippen LogP contribution >= 0.6 is 0 Å². The predicted octanol–water partition coefficient (Wildman–Crippen LogP) is 3.47. The number of hydrogen-bond acceptors (Lipinski definition) is 3. The van der Waals surface area contributed by atoms with Crippen molar-refractivity contribution in [1.82, 2.24) is 10.2 Å². The van der Waals surface area contributed by atoms with Gasteiger partial charge in [0, 0.05) is 6.07 Å². The zero-order chi connectivity index (χ0) is 11.9. The van der Waals surface area contributed by atoms with E-state index in [0.29, 0.717) is 12.5 Å². The normalized spacial score (nSPS) is 17.5. The Balaban J connectivity index is 1.91. The van der Waals surface area contributed by atoms with Crippen molar-refractivity contribution in [1.29, 1.82) is 0 Å². The van der Waals surface area contributed by atoms with Crippen LogP contribution in [0.25, 0.3) is 6.08 Å². The topological polar surface area (TPSA) is 35.0 Å². The highest BCUT2D eigenvalue weighted by atomic mass is 16.5. The first kappa shape index (κ1) is 12.1. The van der Waals surface area contributed by atoms with Gasteiger partial charge in [0.25, 0.3) is 0 Å². The van der Waals surface area contributed by atoms with Crippen molar-refractivity contribution in [3.8, 4) is 5.88 Å². The van der Waals surface area contributed by atoms with E-state index in [2.05, 4.69) is 22.3 Å². The van der Waals surface area contributed by atoms with Gasteiger partial charge in [-0.15, -0.1) is 10.2 Å². The molecule has 3 nitrogen and oxygen atoms in total. The highest BCUT2D eigenvalue weighted by Crippen LogP contribution is 2.25. The molecule has 1 aromatic heterocycles. The zero-order valence-electron chi connectivity index (χ0n) is 10.4. The Morgan fingerprint density at radius 3 is 2.71 bits per heavy atom. The van der Waals surface area contributed by atoms with E-state index in [0.717, 1.165) is 11.6 Å². The number of nitrogens with zero attached hydrogens (tertiary/aromatic N) is 2. The summed E-state index contributed by atoms with van der Waals surface area (Å²) in [5, 5.41) is 8.13. The van der Waals surface area contributed by atoms with Crippen LogP contribution in [0, 0.1) is 5.92 Å². The van der Waals surface area contributed by atoms with Crippen LogP contribution in [0.2, 0.25) is 0 Å². The molecule has 1 fully saturated rings. The Hall–Kier alpha value is -1.38. The first-order valence-corrected chi connectivity index (χ1v) is 6.53. The quantitative estimate of drug-likeness (QED) is 0.797. The van der Waals surface area contributed by atoms with Gasteiger partial charge >= 0.3 is 0 Å². The largest absolute Gasteiger partial charge is 0.477 e. The minimum atomic E-state index is 0.599. The Labute approximate surface area is 103 Å². The van der Waals surface area contributed by atoms with Gasteiger partial charge in [-0.05, 0) is 37.8 Å². The fourth-order valence-corrected chi connectivity index (χ4v) is 2.21. The molecule has 0 aliphatic heterocycles. The summed E-state index contributed by atoms with van der Waals surface area (Å²) < 4.78 is 5.26. The van der Waals surface area contributed by atoms with E-state index < -0.39 is 0 Å². The van der Waals surface area contributed by atoms with Crippen LogP contribution in [-0.2, 0) is 0 Å². The molecule has 1 aromatic rings. The van der Waals surface area contributed by atoms with Crippen LogP contribution in [0.5, 0.6) is 5.88 Å². The van der Waals surface area contributed by atoms with Crippen molar-refractivity contribution >= 4 is 6.08 Å². The minimum absolute atomic E-state index is 0.599. The van der Waals surface area contributed by atoms with E-state index in [1.165, 1.54) is 32.1 Å². The molecule has 1 aliphatic rings. The fraction of sp³-hybridized carbons (Fsp3) is 0.571. The van der Waals surface area contributed by atoms with E-state index in [1.807, 2.05) is 19.1 Å². The van der Waals surface area contributed by atoms with Crippen molar-refractivity contribution < 1.29 is 4.74 Å². The van der Waals surface area contributed by atoms with E-state index in [-0.39, 0.29) is 0 Å². The summed E-state index contributed by atoms with van der Waals surface area (Å²) in [4.78, 5) is 0. The predicted molar refractivity (Wildman–Crippen MR) is 68.8 cm³/mol. The van der Waals surface area contributed by atoms with Gasteiger partial charge in [-0.1, -0.05) is 25.3 Å². The van der Waals surface area contributed by atoms with Gasteiger partial charge in [0.15, 0.2) is 0 Å². The number of allylic oxidation sites excluding steroid dienone is 1. The summed E-state index contributed by atoms with van der Waals surface area (Å²) >= 11 is 0. The van der Waals surface area contributed by atoms with Crippen LogP contribution < -0.4 is 4.74 Å². The molecule has 0 N–H and O–H groups in total. The van der Waals surface area contributed by atoms with E-state index in [1.54, 1.807) is 0 Å². The lowest BCUT2D eigenvalue weighted by molar-refractivity contribution is 0.322. The fourth-order valence-electron chi connectivity index (χ4n) is 2.21. The molecule has 92 valence electrons. The van der Waals surface area contributed by atoms with E-state index in [4.69, 9.17) is 4.74 Å². The first-order valence-electron chi connectivity index (χ1n) is 6.53. The number of rotatable bonds is 4. The van der Waals surface area contributed by atoms with Gasteiger partial charge < -0.3 is 4.74 Å². The third kappa shape index (κ3) is 3.84. The standard InChI is InChI=1S/C14H20N2O/c1-2-17-14-11-10-13(15-16-14)9-8-12-6-4-3-5-7-12/h8-12H,2-7H2,1H3/b9-8+. The maximum absolute atomic E-state index is 5.26. The smallest absolute Gasteiger partial charge is 0.233 e. The van der Waals surface area contributed by atoms with Crippen molar-refractivity contribution in [2.45, 2.75) is 39.0 Å². The summed E-state index contributed by atoms with van der Waals surface area (Å²) in [7, 11) is 0. The molecule has 1 heterocycles. The Kier molecular flexibility index (Phi) is 4.54. The summed E-state index contributed by atoms with van der Waals surface area (Å²) in [5.41, 5.74) is 0.916. The zero-order valence-corrected chi connectivity index (χ0v) is 10.4. The summed E-state index contributed by atoms with van der Waals surface area (Å²) in [5.74, 6) is 1.33. The minimum Gasteiger partial charge on any atom is -0.477 e. The number of ether oxygens (including phenoxy) is 1. The summed E-state index contributed by atoms with van der Waals surface area (Å²) in [6.07, 6.45) is 11.1. The lowest BCUT2D eigenvalue weighted by atomic mass is 9.89. The van der Waals surface area contributed by atoms with Crippen LogP contribution in [0.1, 0.15) is 44.7 Å². The molecule has 0 atom stereocenters. The van der Waals surface area contributed by atoms with E-state index >= 15 is 0 Å². The number of hydrogen-bond donors (Lipinski definition) is 0. The van der Waals surface area contributed by atoms with Gasteiger partial charge in [-0.2, -0.15) is 0 Å². The average Bonchev–Trinajstić information content (AvgIpc) is 2.40.